The fourth-order valence-electron chi connectivity index (χ4n) is 3.63. The van der Waals surface area contributed by atoms with E-state index in [1.807, 2.05) is 12.1 Å². The molecule has 2 aromatic rings. The molecule has 1 fully saturated rings. The van der Waals surface area contributed by atoms with Crippen molar-refractivity contribution in [1.82, 2.24) is 15.2 Å². The average Bonchev–Trinajstić information content (AvgIpc) is 2.69. The number of nitrogens with one attached hydrogen (secondary N) is 1. The number of nitrogen functional groups attached to an aromatic ring is 1. The van der Waals surface area contributed by atoms with E-state index in [1.165, 1.54) is 6.07 Å². The number of pyridine rings is 1. The lowest BCUT2D eigenvalue weighted by molar-refractivity contribution is -0.121. The fraction of sp³-hybridized carbons (Fsp3) is 0.429. The van der Waals surface area contributed by atoms with Gasteiger partial charge in [0.1, 0.15) is 5.82 Å². The van der Waals surface area contributed by atoms with Crippen LogP contribution < -0.4 is 11.1 Å². The van der Waals surface area contributed by atoms with Crippen LogP contribution in [-0.2, 0) is 17.9 Å². The Hall–Kier alpha value is -2.54. The van der Waals surface area contributed by atoms with Crippen molar-refractivity contribution in [1.29, 1.82) is 0 Å². The summed E-state index contributed by atoms with van der Waals surface area (Å²) < 4.78 is 26.1. The highest BCUT2D eigenvalue weighted by molar-refractivity contribution is 5.75. The van der Waals surface area contributed by atoms with Crippen LogP contribution in [0.1, 0.15) is 36.8 Å². The topological polar surface area (TPSA) is 71.2 Å². The van der Waals surface area contributed by atoms with E-state index in [9.17, 15) is 13.6 Å². The number of amides is 1. The number of anilines is 1. The number of carbonyl (C=O) groups is 1. The zero-order valence-electron chi connectivity index (χ0n) is 15.8. The van der Waals surface area contributed by atoms with E-state index in [1.54, 1.807) is 6.20 Å². The molecule has 0 unspecified atom stereocenters. The third-order valence-electron chi connectivity index (χ3n) is 5.18. The minimum Gasteiger partial charge on any atom is -0.383 e. The van der Waals surface area contributed by atoms with Crippen molar-refractivity contribution < 1.29 is 13.6 Å². The lowest BCUT2D eigenvalue weighted by Gasteiger charge is -2.32. The van der Waals surface area contributed by atoms with Gasteiger partial charge in [0.05, 0.1) is 0 Å². The number of benzene rings is 1. The average molecular weight is 388 g/mol. The van der Waals surface area contributed by atoms with Gasteiger partial charge in [-0.05, 0) is 55.5 Å². The summed E-state index contributed by atoms with van der Waals surface area (Å²) in [6, 6.07) is 7.55. The first-order chi connectivity index (χ1) is 13.5. The molecule has 3 N–H and O–H groups in total. The molecule has 1 aliphatic heterocycles. The molecule has 150 valence electrons. The predicted octanol–water partition coefficient (Wildman–Crippen LogP) is 3.25. The molecule has 0 aliphatic carbocycles. The molecule has 1 aromatic carbocycles. The van der Waals surface area contributed by atoms with Gasteiger partial charge in [0.25, 0.3) is 0 Å². The Labute approximate surface area is 163 Å². The van der Waals surface area contributed by atoms with Gasteiger partial charge < -0.3 is 11.1 Å². The number of nitrogens with zero attached hydrogens (tertiary/aromatic N) is 2. The van der Waals surface area contributed by atoms with Crippen LogP contribution in [0.25, 0.3) is 0 Å². The van der Waals surface area contributed by atoms with E-state index in [0.717, 1.165) is 56.6 Å². The lowest BCUT2D eigenvalue weighted by atomic mass is 9.93. The van der Waals surface area contributed by atoms with Crippen molar-refractivity contribution in [2.24, 2.45) is 5.92 Å². The lowest BCUT2D eigenvalue weighted by Crippen LogP contribution is -2.35. The second-order valence-corrected chi connectivity index (χ2v) is 7.36. The minimum absolute atomic E-state index is 0.0710. The number of nitrogens with two attached hydrogens (primary N) is 1. The maximum atomic E-state index is 13.2. The van der Waals surface area contributed by atoms with E-state index in [2.05, 4.69) is 15.2 Å². The van der Waals surface area contributed by atoms with Crippen LogP contribution in [0.5, 0.6) is 0 Å². The van der Waals surface area contributed by atoms with Crippen molar-refractivity contribution >= 4 is 11.7 Å². The molecule has 0 radical (unpaired) electrons. The Morgan fingerprint density at radius 3 is 2.93 bits per heavy atom. The summed E-state index contributed by atoms with van der Waals surface area (Å²) in [5.41, 5.74) is 7.52. The number of halogens is 2. The molecule has 28 heavy (non-hydrogen) atoms. The van der Waals surface area contributed by atoms with E-state index in [0.29, 0.717) is 23.7 Å². The number of rotatable bonds is 7. The molecule has 1 aliphatic rings. The molecule has 1 amide bonds. The van der Waals surface area contributed by atoms with Crippen LogP contribution in [0.3, 0.4) is 0 Å². The largest absolute Gasteiger partial charge is 0.383 e. The zero-order chi connectivity index (χ0) is 19.9. The van der Waals surface area contributed by atoms with Crippen LogP contribution in [0.4, 0.5) is 14.6 Å². The molecule has 1 aromatic heterocycles. The van der Waals surface area contributed by atoms with Gasteiger partial charge >= 0.3 is 0 Å². The number of hydrogen-bond donors (Lipinski definition) is 2. The van der Waals surface area contributed by atoms with Crippen LogP contribution in [0, 0.1) is 17.6 Å². The molecule has 0 bridgehead atoms. The van der Waals surface area contributed by atoms with Gasteiger partial charge in [-0.2, -0.15) is 0 Å². The Morgan fingerprint density at radius 1 is 1.29 bits per heavy atom. The highest BCUT2D eigenvalue weighted by atomic mass is 19.2. The third-order valence-corrected chi connectivity index (χ3v) is 5.18. The van der Waals surface area contributed by atoms with Crippen LogP contribution in [0.15, 0.2) is 36.5 Å². The molecular formula is C21H26F2N4O. The Balaban J connectivity index is 1.41. The normalized spacial score (nSPS) is 17.4. The van der Waals surface area contributed by atoms with Gasteiger partial charge in [-0.15, -0.1) is 0 Å². The first-order valence-corrected chi connectivity index (χ1v) is 9.63. The molecule has 0 saturated carbocycles. The van der Waals surface area contributed by atoms with Crippen molar-refractivity contribution in [2.45, 2.75) is 38.8 Å². The zero-order valence-corrected chi connectivity index (χ0v) is 15.8. The molecule has 2 heterocycles. The number of likely N-dealkylation sites (tertiary alicyclic amines) is 1. The summed E-state index contributed by atoms with van der Waals surface area (Å²) in [5, 5.41) is 2.78. The van der Waals surface area contributed by atoms with Gasteiger partial charge in [0, 0.05) is 37.8 Å². The van der Waals surface area contributed by atoms with Crippen molar-refractivity contribution in [3.63, 3.8) is 0 Å². The van der Waals surface area contributed by atoms with Crippen molar-refractivity contribution in [3.8, 4) is 0 Å². The van der Waals surface area contributed by atoms with Gasteiger partial charge in [-0.3, -0.25) is 9.69 Å². The van der Waals surface area contributed by atoms with Gasteiger partial charge in [0.15, 0.2) is 11.6 Å². The van der Waals surface area contributed by atoms with E-state index >= 15 is 0 Å². The summed E-state index contributed by atoms with van der Waals surface area (Å²) in [6.07, 6.45) is 5.13. The molecule has 0 spiro atoms. The van der Waals surface area contributed by atoms with Gasteiger partial charge in [-0.25, -0.2) is 13.8 Å². The summed E-state index contributed by atoms with van der Waals surface area (Å²) >= 11 is 0. The molecule has 1 saturated heterocycles. The Bertz CT molecular complexity index is 815. The maximum Gasteiger partial charge on any atom is 0.220 e. The predicted molar refractivity (Wildman–Crippen MR) is 104 cm³/mol. The van der Waals surface area contributed by atoms with E-state index in [-0.39, 0.29) is 12.5 Å². The number of carbonyl (C=O) groups excluding carboxylic acids is 1. The smallest absolute Gasteiger partial charge is 0.220 e. The second kappa shape index (κ2) is 9.59. The summed E-state index contributed by atoms with van der Waals surface area (Å²) in [7, 11) is 0. The molecular weight excluding hydrogens is 362 g/mol. The fourth-order valence-corrected chi connectivity index (χ4v) is 3.63. The monoisotopic (exact) mass is 388 g/mol. The maximum absolute atomic E-state index is 13.2. The molecule has 3 rings (SSSR count). The van der Waals surface area contributed by atoms with Crippen molar-refractivity contribution in [2.75, 3.05) is 18.8 Å². The Morgan fingerprint density at radius 2 is 2.14 bits per heavy atom. The first-order valence-electron chi connectivity index (χ1n) is 9.63. The van der Waals surface area contributed by atoms with Gasteiger partial charge in [0.2, 0.25) is 5.91 Å². The minimum atomic E-state index is -0.900. The molecule has 5 nitrogen and oxygen atoms in total. The Kier molecular flexibility index (Phi) is 6.92. The van der Waals surface area contributed by atoms with Crippen LogP contribution in [-0.4, -0.2) is 28.9 Å². The van der Waals surface area contributed by atoms with E-state index < -0.39 is 11.6 Å². The summed E-state index contributed by atoms with van der Waals surface area (Å²) in [6.45, 7) is 2.93. The first kappa shape index (κ1) is 20.2. The van der Waals surface area contributed by atoms with Crippen LogP contribution in [0.2, 0.25) is 0 Å². The summed E-state index contributed by atoms with van der Waals surface area (Å²) in [5.74, 6) is -0.825. The number of hydrogen-bond acceptors (Lipinski definition) is 4. The third kappa shape index (κ3) is 5.73. The van der Waals surface area contributed by atoms with Crippen molar-refractivity contribution in [3.05, 3.63) is 59.3 Å². The second-order valence-electron chi connectivity index (χ2n) is 7.36. The van der Waals surface area contributed by atoms with E-state index in [4.69, 9.17) is 5.73 Å². The molecule has 1 atom stereocenters. The standard InChI is InChI=1S/C21H26F2N4O/c22-18-7-5-16(11-19(18)23)12-26-20(28)8-6-15-3-2-10-27(13-15)14-17-4-1-9-25-21(17)24/h1,4-5,7,9,11,15H,2-3,6,8,10,12-14H2,(H2,24,25)(H,26,28)/t15-/m1/s1. The van der Waals surface area contributed by atoms with Crippen LogP contribution >= 0.6 is 0 Å². The number of aromatic nitrogens is 1. The summed E-state index contributed by atoms with van der Waals surface area (Å²) in [4.78, 5) is 18.6. The number of piperidine rings is 1. The van der Waals surface area contributed by atoms with Gasteiger partial charge in [-0.1, -0.05) is 12.1 Å². The highest BCUT2D eigenvalue weighted by Crippen LogP contribution is 2.23. The highest BCUT2D eigenvalue weighted by Gasteiger charge is 2.21. The molecule has 7 heteroatoms. The SMILES string of the molecule is Nc1ncccc1CN1CCC[C@H](CCC(=O)NCc2ccc(F)c(F)c2)C1. The quantitative estimate of drug-likeness (QED) is 0.764.